The molecule has 0 aliphatic carbocycles. The van der Waals surface area contributed by atoms with E-state index in [1.165, 1.54) is 25.7 Å². The summed E-state index contributed by atoms with van der Waals surface area (Å²) in [5.41, 5.74) is 0. The molecule has 16 nitrogen and oxygen atoms in total. The summed E-state index contributed by atoms with van der Waals surface area (Å²) in [5.74, 6) is -1.77. The number of rotatable bonds is 64. The van der Waals surface area contributed by atoms with Crippen LogP contribution in [0.1, 0.15) is 226 Å². The SMILES string of the molecule is CC/C=C\C/C=C\C/C=C\C/C=C\C/C=C\C/C=C\CCC(=O)OCC(COP(=O)(O)OCC(O)COP(=O)(O)OCC(O)COC(=O)CCCCCCCCC/C=C\C/C=C\C/C=C\C/C=C\CCCCC)OC(=O)CCC/C=C\C/C=C\C/C=C\C/C=C\C/C=C\CC. The molecule has 0 amide bonds. The molecule has 18 heteroatoms. The Hall–Kier alpha value is -5.35. The number of phosphoric ester groups is 2. The van der Waals surface area contributed by atoms with Gasteiger partial charge in [0.2, 0.25) is 0 Å². The topological polar surface area (TPSA) is 231 Å². The number of hydrogen-bond acceptors (Lipinski definition) is 14. The van der Waals surface area contributed by atoms with Crippen LogP contribution in [0.15, 0.2) is 182 Å². The quantitative estimate of drug-likeness (QED) is 0.0146. The molecule has 0 heterocycles. The number of carbonyl (C=O) groups is 3. The molecule has 0 aliphatic heterocycles. The Morgan fingerprint density at radius 3 is 0.979 bits per heavy atom. The normalized spacial score (nSPS) is 15.2. The van der Waals surface area contributed by atoms with Crippen LogP contribution in [-0.2, 0) is 55.8 Å². The van der Waals surface area contributed by atoms with Crippen LogP contribution < -0.4 is 0 Å². The fourth-order valence-corrected chi connectivity index (χ4v) is 9.90. The minimum absolute atomic E-state index is 0.00189. The van der Waals surface area contributed by atoms with Gasteiger partial charge in [0.05, 0.1) is 26.4 Å². The number of aliphatic hydroxyl groups excluding tert-OH is 2. The van der Waals surface area contributed by atoms with Gasteiger partial charge in [0, 0.05) is 19.3 Å². The summed E-state index contributed by atoms with van der Waals surface area (Å²) in [6.45, 7) is 2.20. The fraction of sp³-hybridized carbons (Fsp3) is 0.571. The summed E-state index contributed by atoms with van der Waals surface area (Å²) in [5, 5.41) is 20.6. The zero-order valence-corrected chi connectivity index (χ0v) is 59.8. The third-order valence-corrected chi connectivity index (χ3v) is 15.5. The Morgan fingerprint density at radius 1 is 0.305 bits per heavy atom. The van der Waals surface area contributed by atoms with Crippen LogP contribution in [0.4, 0.5) is 0 Å². The summed E-state index contributed by atoms with van der Waals surface area (Å²) < 4.78 is 60.8. The van der Waals surface area contributed by atoms with Crippen LogP contribution in [-0.4, -0.2) is 95.9 Å². The van der Waals surface area contributed by atoms with E-state index in [0.29, 0.717) is 32.1 Å². The van der Waals surface area contributed by atoms with E-state index in [4.69, 9.17) is 32.3 Å². The number of hydrogen-bond donors (Lipinski definition) is 4. The standard InChI is InChI=1S/C77H122O16P2/c1-4-7-10-13-16-19-22-25-28-31-33-34-35-36-38-41-42-45-48-51-54-57-60-63-75(80)87-66-72(78)67-89-94(83,84)90-68-73(79)69-91-95(85,86)92-71-74(93-77(82)65-62-59-56-53-50-47-44-39-30-27-24-21-18-15-12-9-6-3)70-88-76(81)64-61-58-55-52-49-46-43-40-37-32-29-26-23-20-17-14-11-8-5-2/h8-9,11-12,16-21,25-30,33-34,36-38,40,44,46-47,49,53,55-56,58,72-74,78-79H,4-7,10,13-15,22-24,31-32,35,39,41-43,45,48,50-52,54,57,59-71H2,1-3H3,(H,83,84)(H,85,86)/b11-8-,12-9-,19-16-,20-17-,21-18-,28-25-,29-26-,30-27-,34-33-,38-36-,40-37-,47-44-,49-46-,56-53-,58-55-. The van der Waals surface area contributed by atoms with Crippen molar-refractivity contribution in [1.29, 1.82) is 0 Å². The molecule has 0 radical (unpaired) electrons. The highest BCUT2D eigenvalue weighted by Gasteiger charge is 2.29. The Labute approximate surface area is 573 Å². The highest BCUT2D eigenvalue weighted by atomic mass is 31.2. The van der Waals surface area contributed by atoms with E-state index in [0.717, 1.165) is 128 Å². The zero-order chi connectivity index (χ0) is 69.5. The van der Waals surface area contributed by atoms with Gasteiger partial charge in [0.15, 0.2) is 6.10 Å². The summed E-state index contributed by atoms with van der Waals surface area (Å²) in [6, 6.07) is 0. The number of unbranched alkanes of at least 4 members (excludes halogenated alkanes) is 11. The first-order chi connectivity index (χ1) is 46.2. The van der Waals surface area contributed by atoms with Crippen molar-refractivity contribution in [3.8, 4) is 0 Å². The van der Waals surface area contributed by atoms with Gasteiger partial charge in [-0.05, 0) is 141 Å². The van der Waals surface area contributed by atoms with Gasteiger partial charge in [0.25, 0.3) is 0 Å². The summed E-state index contributed by atoms with van der Waals surface area (Å²) in [4.78, 5) is 58.4. The summed E-state index contributed by atoms with van der Waals surface area (Å²) in [6.07, 6.45) is 86.8. The molecule has 0 rings (SSSR count). The van der Waals surface area contributed by atoms with Crippen molar-refractivity contribution < 1.29 is 75.8 Å². The Bertz CT molecular complexity index is 2460. The molecule has 0 saturated heterocycles. The summed E-state index contributed by atoms with van der Waals surface area (Å²) >= 11 is 0. The second kappa shape index (κ2) is 68.6. The lowest BCUT2D eigenvalue weighted by atomic mass is 10.1. The first-order valence-electron chi connectivity index (χ1n) is 35.1. The number of ether oxygens (including phenoxy) is 3. The Kier molecular flexibility index (Phi) is 64.7. The Morgan fingerprint density at radius 2 is 0.589 bits per heavy atom. The van der Waals surface area contributed by atoms with Crippen molar-refractivity contribution in [1.82, 2.24) is 0 Å². The van der Waals surface area contributed by atoms with Crippen LogP contribution in [0.3, 0.4) is 0 Å². The van der Waals surface area contributed by atoms with E-state index >= 15 is 0 Å². The van der Waals surface area contributed by atoms with Gasteiger partial charge in [0.1, 0.15) is 25.4 Å². The number of allylic oxidation sites excluding steroid dienone is 30. The fourth-order valence-electron chi connectivity index (χ4n) is 8.32. The minimum atomic E-state index is -4.97. The van der Waals surface area contributed by atoms with Crippen LogP contribution in [0, 0.1) is 0 Å². The van der Waals surface area contributed by atoms with E-state index in [1.807, 2.05) is 30.4 Å². The average Bonchev–Trinajstić information content (AvgIpc) is 2.35. The van der Waals surface area contributed by atoms with Crippen molar-refractivity contribution in [3.63, 3.8) is 0 Å². The molecule has 0 aliphatic rings. The molecule has 536 valence electrons. The van der Waals surface area contributed by atoms with Crippen molar-refractivity contribution in [3.05, 3.63) is 182 Å². The second-order valence-corrected chi connectivity index (χ2v) is 25.5. The predicted octanol–water partition coefficient (Wildman–Crippen LogP) is 19.9. The lowest BCUT2D eigenvalue weighted by Gasteiger charge is -2.21. The van der Waals surface area contributed by atoms with Gasteiger partial charge in [-0.1, -0.05) is 248 Å². The molecule has 0 aromatic carbocycles. The molecular weight excluding hydrogens is 1240 g/mol. The van der Waals surface area contributed by atoms with Crippen LogP contribution in [0.25, 0.3) is 0 Å². The van der Waals surface area contributed by atoms with E-state index < -0.39 is 91.5 Å². The maximum Gasteiger partial charge on any atom is 0.472 e. The number of carbonyl (C=O) groups excluding carboxylic acids is 3. The van der Waals surface area contributed by atoms with Gasteiger partial charge in [-0.2, -0.15) is 0 Å². The minimum Gasteiger partial charge on any atom is -0.463 e. The molecule has 0 spiro atoms. The third kappa shape index (κ3) is 69.8. The lowest BCUT2D eigenvalue weighted by Crippen LogP contribution is -2.30. The summed E-state index contributed by atoms with van der Waals surface area (Å²) in [7, 11) is -9.84. The number of aliphatic hydroxyl groups is 2. The van der Waals surface area contributed by atoms with Crippen molar-refractivity contribution in [2.45, 2.75) is 245 Å². The van der Waals surface area contributed by atoms with Gasteiger partial charge < -0.3 is 34.2 Å². The molecule has 0 aromatic rings. The first-order valence-corrected chi connectivity index (χ1v) is 38.1. The van der Waals surface area contributed by atoms with Gasteiger partial charge in [-0.3, -0.25) is 32.5 Å². The first kappa shape index (κ1) is 89.6. The molecule has 0 saturated carbocycles. The molecule has 0 bridgehead atoms. The van der Waals surface area contributed by atoms with Crippen molar-refractivity contribution >= 4 is 33.6 Å². The van der Waals surface area contributed by atoms with Crippen LogP contribution in [0.2, 0.25) is 0 Å². The molecule has 95 heavy (non-hydrogen) atoms. The van der Waals surface area contributed by atoms with Gasteiger partial charge in [-0.25, -0.2) is 9.13 Å². The average molecular weight is 1370 g/mol. The molecule has 0 aromatic heterocycles. The lowest BCUT2D eigenvalue weighted by molar-refractivity contribution is -0.161. The predicted molar refractivity (Wildman–Crippen MR) is 389 cm³/mol. The largest absolute Gasteiger partial charge is 0.472 e. The monoisotopic (exact) mass is 1360 g/mol. The number of phosphoric acid groups is 2. The van der Waals surface area contributed by atoms with Crippen molar-refractivity contribution in [2.75, 3.05) is 39.6 Å². The third-order valence-electron chi connectivity index (χ3n) is 13.6. The molecule has 5 atom stereocenters. The van der Waals surface area contributed by atoms with Crippen LogP contribution in [0.5, 0.6) is 0 Å². The smallest absolute Gasteiger partial charge is 0.463 e. The highest BCUT2D eigenvalue weighted by molar-refractivity contribution is 7.47. The van der Waals surface area contributed by atoms with Gasteiger partial charge >= 0.3 is 33.6 Å². The molecular formula is C77H122O16P2. The maximum absolute atomic E-state index is 12.9. The second-order valence-electron chi connectivity index (χ2n) is 22.6. The molecule has 0 fully saturated rings. The zero-order valence-electron chi connectivity index (χ0n) is 58.0. The van der Waals surface area contributed by atoms with Crippen molar-refractivity contribution in [2.24, 2.45) is 0 Å². The van der Waals surface area contributed by atoms with E-state index in [9.17, 15) is 43.5 Å². The van der Waals surface area contributed by atoms with E-state index in [1.54, 1.807) is 0 Å². The van der Waals surface area contributed by atoms with E-state index in [2.05, 4.69) is 173 Å². The van der Waals surface area contributed by atoms with E-state index in [-0.39, 0.29) is 19.3 Å². The maximum atomic E-state index is 12.9. The number of esters is 3. The molecule has 4 N–H and O–H groups in total. The Balaban J connectivity index is 4.80. The highest BCUT2D eigenvalue weighted by Crippen LogP contribution is 2.45. The van der Waals surface area contributed by atoms with Crippen LogP contribution >= 0.6 is 15.6 Å². The molecule has 5 unspecified atom stereocenters. The van der Waals surface area contributed by atoms with Gasteiger partial charge in [-0.15, -0.1) is 0 Å².